The zero-order valence-electron chi connectivity index (χ0n) is 17.1. The summed E-state index contributed by atoms with van der Waals surface area (Å²) in [6.45, 7) is 0. The van der Waals surface area contributed by atoms with E-state index < -0.39 is 0 Å². The lowest BCUT2D eigenvalue weighted by molar-refractivity contribution is 0.104. The molecule has 0 amide bonds. The minimum absolute atomic E-state index is 0.144. The highest BCUT2D eigenvalue weighted by molar-refractivity contribution is 9.10. The third-order valence-electron chi connectivity index (χ3n) is 5.22. The Morgan fingerprint density at radius 2 is 1.71 bits per heavy atom. The van der Waals surface area contributed by atoms with Crippen LogP contribution in [0.5, 0.6) is 5.75 Å². The van der Waals surface area contributed by atoms with Crippen LogP contribution < -0.4 is 10.3 Å². The van der Waals surface area contributed by atoms with E-state index in [1.807, 2.05) is 72.8 Å². The molecule has 3 aromatic carbocycles. The van der Waals surface area contributed by atoms with Crippen LogP contribution in [0.25, 0.3) is 28.1 Å². The second-order valence-electron chi connectivity index (χ2n) is 7.08. The Morgan fingerprint density at radius 1 is 1.00 bits per heavy atom. The van der Waals surface area contributed by atoms with Gasteiger partial charge in [0.1, 0.15) is 5.75 Å². The molecule has 0 aliphatic rings. The van der Waals surface area contributed by atoms with Crippen molar-refractivity contribution < 1.29 is 9.53 Å². The number of aromatic nitrogens is 1. The van der Waals surface area contributed by atoms with Crippen LogP contribution >= 0.6 is 15.9 Å². The summed E-state index contributed by atoms with van der Waals surface area (Å²) in [5, 5.41) is 0.830. The normalized spacial score (nSPS) is 11.2. The van der Waals surface area contributed by atoms with Gasteiger partial charge in [0.15, 0.2) is 5.78 Å². The van der Waals surface area contributed by atoms with Crippen molar-refractivity contribution in [3.05, 3.63) is 105 Å². The molecule has 0 radical (unpaired) electrons. The predicted molar refractivity (Wildman–Crippen MR) is 129 cm³/mol. The lowest BCUT2D eigenvalue weighted by Crippen LogP contribution is -2.25. The molecule has 4 aromatic rings. The molecular formula is C26H20BrNO3. The second kappa shape index (κ2) is 8.74. The number of ether oxygens (including phenoxy) is 1. The molecule has 0 atom stereocenters. The lowest BCUT2D eigenvalue weighted by Gasteiger charge is -2.15. The predicted octanol–water partition coefficient (Wildman–Crippen LogP) is 5.87. The number of fused-ring (bicyclic) bond motifs is 1. The highest BCUT2D eigenvalue weighted by Crippen LogP contribution is 2.32. The molecule has 4 nitrogen and oxygen atoms in total. The molecule has 5 heteroatoms. The molecule has 0 aliphatic carbocycles. The zero-order chi connectivity index (χ0) is 22.0. The van der Waals surface area contributed by atoms with Crippen LogP contribution in [0.15, 0.2) is 88.1 Å². The number of ketones is 1. The fraction of sp³-hybridized carbons (Fsp3) is 0.0769. The van der Waals surface area contributed by atoms with Gasteiger partial charge in [-0.3, -0.25) is 9.59 Å². The van der Waals surface area contributed by atoms with Gasteiger partial charge in [-0.05, 0) is 42.0 Å². The molecule has 1 heterocycles. The van der Waals surface area contributed by atoms with Gasteiger partial charge in [0.2, 0.25) is 0 Å². The van der Waals surface area contributed by atoms with Crippen LogP contribution in [0.1, 0.15) is 15.9 Å². The summed E-state index contributed by atoms with van der Waals surface area (Å²) in [6, 6.07) is 22.7. The fourth-order valence-corrected chi connectivity index (χ4v) is 4.07. The number of nitrogens with zero attached hydrogens (tertiary/aromatic N) is 1. The van der Waals surface area contributed by atoms with Gasteiger partial charge < -0.3 is 9.30 Å². The lowest BCUT2D eigenvalue weighted by atomic mass is 9.93. The van der Waals surface area contributed by atoms with Crippen LogP contribution in [-0.2, 0) is 7.05 Å². The van der Waals surface area contributed by atoms with E-state index in [1.54, 1.807) is 20.2 Å². The first kappa shape index (κ1) is 20.8. The van der Waals surface area contributed by atoms with Gasteiger partial charge in [-0.1, -0.05) is 64.5 Å². The number of hydrogen-bond donors (Lipinski definition) is 0. The summed E-state index contributed by atoms with van der Waals surface area (Å²) in [6.07, 6.45) is 3.12. The SMILES string of the molecule is COc1ccccc1/C=C\C(=O)c1c(-c2ccccc2)c2cc(Br)ccc2n(C)c1=O. The van der Waals surface area contributed by atoms with Crippen molar-refractivity contribution in [1.82, 2.24) is 4.57 Å². The van der Waals surface area contributed by atoms with Gasteiger partial charge >= 0.3 is 0 Å². The third-order valence-corrected chi connectivity index (χ3v) is 5.71. The number of allylic oxidation sites excluding steroid dienone is 1. The number of carbonyl (C=O) groups is 1. The minimum atomic E-state index is -0.354. The van der Waals surface area contributed by atoms with E-state index in [4.69, 9.17) is 4.74 Å². The molecule has 0 unspecified atom stereocenters. The number of aryl methyl sites for hydroxylation is 1. The number of carbonyl (C=O) groups excluding carboxylic acids is 1. The molecule has 0 aliphatic heterocycles. The maximum atomic E-state index is 13.4. The first-order valence-electron chi connectivity index (χ1n) is 9.74. The van der Waals surface area contributed by atoms with Crippen molar-refractivity contribution in [3.63, 3.8) is 0 Å². The quantitative estimate of drug-likeness (QED) is 0.269. The smallest absolute Gasteiger partial charge is 0.262 e. The van der Waals surface area contributed by atoms with E-state index in [9.17, 15) is 9.59 Å². The van der Waals surface area contributed by atoms with Crippen molar-refractivity contribution in [3.8, 4) is 16.9 Å². The summed E-state index contributed by atoms with van der Waals surface area (Å²) in [5.74, 6) is 0.303. The first-order chi connectivity index (χ1) is 15.0. The Hall–Kier alpha value is -3.44. The van der Waals surface area contributed by atoms with E-state index in [1.165, 1.54) is 10.6 Å². The first-order valence-corrected chi connectivity index (χ1v) is 10.5. The highest BCUT2D eigenvalue weighted by atomic mass is 79.9. The Bertz CT molecular complexity index is 1370. The van der Waals surface area contributed by atoms with Gasteiger partial charge in [0.25, 0.3) is 5.56 Å². The van der Waals surface area contributed by atoms with Crippen LogP contribution in [0.4, 0.5) is 0 Å². The summed E-state index contributed by atoms with van der Waals surface area (Å²) in [7, 11) is 3.27. The molecular weight excluding hydrogens is 454 g/mol. The monoisotopic (exact) mass is 473 g/mol. The van der Waals surface area contributed by atoms with E-state index in [0.29, 0.717) is 11.3 Å². The molecule has 0 saturated heterocycles. The summed E-state index contributed by atoms with van der Waals surface area (Å²) < 4.78 is 7.76. The fourth-order valence-electron chi connectivity index (χ4n) is 3.71. The van der Waals surface area contributed by atoms with Gasteiger partial charge in [-0.2, -0.15) is 0 Å². The number of hydrogen-bond acceptors (Lipinski definition) is 3. The Kier molecular flexibility index (Phi) is 5.87. The number of halogens is 1. The summed E-state index contributed by atoms with van der Waals surface area (Å²) in [4.78, 5) is 26.7. The number of methoxy groups -OCH3 is 1. The van der Waals surface area contributed by atoms with Gasteiger partial charge in [-0.25, -0.2) is 0 Å². The molecule has 1 aromatic heterocycles. The molecule has 0 spiro atoms. The van der Waals surface area contributed by atoms with Gasteiger partial charge in [0.05, 0.1) is 18.2 Å². The zero-order valence-corrected chi connectivity index (χ0v) is 18.7. The molecule has 0 bridgehead atoms. The Labute approximate surface area is 188 Å². The molecule has 0 fully saturated rings. The minimum Gasteiger partial charge on any atom is -0.496 e. The van der Waals surface area contributed by atoms with E-state index >= 15 is 0 Å². The molecule has 31 heavy (non-hydrogen) atoms. The average molecular weight is 474 g/mol. The number of para-hydroxylation sites is 1. The second-order valence-corrected chi connectivity index (χ2v) is 8.00. The van der Waals surface area contributed by atoms with E-state index in [2.05, 4.69) is 15.9 Å². The Morgan fingerprint density at radius 3 is 2.45 bits per heavy atom. The van der Waals surface area contributed by atoms with Crippen LogP contribution in [0.3, 0.4) is 0 Å². The topological polar surface area (TPSA) is 48.3 Å². The van der Waals surface area contributed by atoms with Crippen LogP contribution in [-0.4, -0.2) is 17.5 Å². The molecule has 154 valence electrons. The van der Waals surface area contributed by atoms with Crippen molar-refractivity contribution in [2.45, 2.75) is 0 Å². The maximum absolute atomic E-state index is 13.4. The maximum Gasteiger partial charge on any atom is 0.262 e. The number of pyridine rings is 1. The number of rotatable bonds is 5. The van der Waals surface area contributed by atoms with Gasteiger partial charge in [-0.15, -0.1) is 0 Å². The van der Waals surface area contributed by atoms with Crippen molar-refractivity contribution in [1.29, 1.82) is 0 Å². The third kappa shape index (κ3) is 3.97. The summed E-state index contributed by atoms with van der Waals surface area (Å²) in [5.41, 5.74) is 2.79. The van der Waals surface area contributed by atoms with Gasteiger partial charge in [0, 0.05) is 28.0 Å². The van der Waals surface area contributed by atoms with E-state index in [-0.39, 0.29) is 16.9 Å². The van der Waals surface area contributed by atoms with Crippen molar-refractivity contribution in [2.75, 3.05) is 7.11 Å². The average Bonchev–Trinajstić information content (AvgIpc) is 2.80. The standard InChI is InChI=1S/C26H20BrNO3/c1-28-21-14-13-19(27)16-20(21)24(18-9-4-3-5-10-18)25(26(28)30)22(29)15-12-17-8-6-7-11-23(17)31-2/h3-16H,1-2H3/b15-12-. The molecule has 4 rings (SSSR count). The van der Waals surface area contributed by atoms with Crippen LogP contribution in [0.2, 0.25) is 0 Å². The van der Waals surface area contributed by atoms with Crippen molar-refractivity contribution >= 4 is 38.7 Å². The highest BCUT2D eigenvalue weighted by Gasteiger charge is 2.21. The van der Waals surface area contributed by atoms with Crippen LogP contribution in [0, 0.1) is 0 Å². The largest absolute Gasteiger partial charge is 0.496 e. The van der Waals surface area contributed by atoms with E-state index in [0.717, 1.165) is 26.5 Å². The molecule has 0 saturated carbocycles. The molecule has 0 N–H and O–H groups in total. The summed E-state index contributed by atoms with van der Waals surface area (Å²) >= 11 is 3.52. The van der Waals surface area contributed by atoms with Crippen molar-refractivity contribution in [2.24, 2.45) is 7.05 Å². The number of benzene rings is 3. The Balaban J connectivity index is 1.97.